The summed E-state index contributed by atoms with van der Waals surface area (Å²) in [6, 6.07) is 4.60. The van der Waals surface area contributed by atoms with Crippen LogP contribution in [0.3, 0.4) is 0 Å². The highest BCUT2D eigenvalue weighted by atomic mass is 35.5. The summed E-state index contributed by atoms with van der Waals surface area (Å²) in [6.45, 7) is 0.872. The lowest BCUT2D eigenvalue weighted by molar-refractivity contribution is 0.628. The molecule has 0 unspecified atom stereocenters. The van der Waals surface area contributed by atoms with E-state index in [0.29, 0.717) is 0 Å². The molecule has 0 spiro atoms. The van der Waals surface area contributed by atoms with Gasteiger partial charge in [-0.25, -0.2) is 4.39 Å². The lowest BCUT2D eigenvalue weighted by atomic mass is 10.2. The standard InChI is InChI=1S/C11H12ClFN2/c12-9-7-8(4-5-10(9)13)15-11-3-1-2-6-14-11/h4-5,7H,1-3,6H2,(H,14,15). The van der Waals surface area contributed by atoms with E-state index in [0.717, 1.165) is 37.3 Å². The van der Waals surface area contributed by atoms with Crippen molar-refractivity contribution < 1.29 is 4.39 Å². The maximum absolute atomic E-state index is 12.9. The third-order valence-electron chi connectivity index (χ3n) is 2.33. The van der Waals surface area contributed by atoms with Gasteiger partial charge in [0, 0.05) is 18.7 Å². The Hall–Kier alpha value is -1.09. The third kappa shape index (κ3) is 2.69. The number of aliphatic imine (C=N–C) groups is 1. The zero-order valence-electron chi connectivity index (χ0n) is 8.26. The SMILES string of the molecule is Fc1ccc(NC2=NCCCC2)cc1Cl. The van der Waals surface area contributed by atoms with Crippen molar-refractivity contribution in [2.75, 3.05) is 11.9 Å². The van der Waals surface area contributed by atoms with E-state index in [1.54, 1.807) is 12.1 Å². The predicted octanol–water partition coefficient (Wildman–Crippen LogP) is 3.47. The molecular formula is C11H12ClFN2. The average molecular weight is 227 g/mol. The first-order valence-corrected chi connectivity index (χ1v) is 5.39. The Balaban J connectivity index is 2.10. The molecular weight excluding hydrogens is 215 g/mol. The lowest BCUT2D eigenvalue weighted by Gasteiger charge is -2.14. The Morgan fingerprint density at radius 2 is 2.20 bits per heavy atom. The molecule has 0 bridgehead atoms. The largest absolute Gasteiger partial charge is 0.344 e. The van der Waals surface area contributed by atoms with Crippen LogP contribution in [-0.2, 0) is 0 Å². The molecule has 2 rings (SSSR count). The molecule has 0 saturated carbocycles. The summed E-state index contributed by atoms with van der Waals surface area (Å²) in [7, 11) is 0. The fourth-order valence-corrected chi connectivity index (χ4v) is 1.72. The van der Waals surface area contributed by atoms with Gasteiger partial charge in [0.15, 0.2) is 0 Å². The Kier molecular flexibility index (Phi) is 3.21. The number of rotatable bonds is 1. The molecule has 0 saturated heterocycles. The van der Waals surface area contributed by atoms with Crippen LogP contribution < -0.4 is 5.32 Å². The van der Waals surface area contributed by atoms with Crippen LogP contribution in [0.15, 0.2) is 23.2 Å². The van der Waals surface area contributed by atoms with E-state index in [1.807, 2.05) is 0 Å². The Bertz CT molecular complexity index is 390. The second kappa shape index (κ2) is 4.62. The molecule has 1 aromatic rings. The number of amidine groups is 1. The van der Waals surface area contributed by atoms with Gasteiger partial charge in [-0.05, 0) is 31.0 Å². The van der Waals surface area contributed by atoms with Gasteiger partial charge in [-0.2, -0.15) is 0 Å². The van der Waals surface area contributed by atoms with Crippen LogP contribution in [0.4, 0.5) is 10.1 Å². The van der Waals surface area contributed by atoms with Gasteiger partial charge < -0.3 is 5.32 Å². The second-order valence-corrected chi connectivity index (χ2v) is 3.95. The van der Waals surface area contributed by atoms with Crippen LogP contribution in [0.25, 0.3) is 0 Å². The molecule has 1 N–H and O–H groups in total. The number of anilines is 1. The predicted molar refractivity (Wildman–Crippen MR) is 61.2 cm³/mol. The molecule has 0 atom stereocenters. The van der Waals surface area contributed by atoms with Crippen LogP contribution in [0.1, 0.15) is 19.3 Å². The van der Waals surface area contributed by atoms with Crippen LogP contribution in [0.2, 0.25) is 5.02 Å². The summed E-state index contributed by atoms with van der Waals surface area (Å²) in [6.07, 6.45) is 3.26. The van der Waals surface area contributed by atoms with Gasteiger partial charge >= 0.3 is 0 Å². The number of nitrogens with zero attached hydrogens (tertiary/aromatic N) is 1. The molecule has 0 aliphatic carbocycles. The van der Waals surface area contributed by atoms with E-state index in [9.17, 15) is 4.39 Å². The Morgan fingerprint density at radius 3 is 2.87 bits per heavy atom. The van der Waals surface area contributed by atoms with Crippen molar-refractivity contribution in [2.45, 2.75) is 19.3 Å². The van der Waals surface area contributed by atoms with E-state index in [2.05, 4.69) is 10.3 Å². The van der Waals surface area contributed by atoms with Gasteiger partial charge in [-0.1, -0.05) is 11.6 Å². The van der Waals surface area contributed by atoms with Gasteiger partial charge in [0.1, 0.15) is 11.7 Å². The van der Waals surface area contributed by atoms with Crippen LogP contribution in [-0.4, -0.2) is 12.4 Å². The first-order chi connectivity index (χ1) is 7.25. The Morgan fingerprint density at radius 1 is 1.33 bits per heavy atom. The van der Waals surface area contributed by atoms with E-state index in [4.69, 9.17) is 11.6 Å². The highest BCUT2D eigenvalue weighted by Crippen LogP contribution is 2.20. The zero-order chi connectivity index (χ0) is 10.7. The number of nitrogens with one attached hydrogen (secondary N) is 1. The van der Waals surface area contributed by atoms with E-state index >= 15 is 0 Å². The monoisotopic (exact) mass is 226 g/mol. The quantitative estimate of drug-likeness (QED) is 0.779. The highest BCUT2D eigenvalue weighted by molar-refractivity contribution is 6.31. The molecule has 0 radical (unpaired) electrons. The van der Waals surface area contributed by atoms with Crippen LogP contribution in [0, 0.1) is 5.82 Å². The molecule has 2 nitrogen and oxygen atoms in total. The van der Waals surface area contributed by atoms with Crippen molar-refractivity contribution in [3.8, 4) is 0 Å². The molecule has 0 fully saturated rings. The number of hydrogen-bond donors (Lipinski definition) is 1. The summed E-state index contributed by atoms with van der Waals surface area (Å²) < 4.78 is 12.9. The van der Waals surface area contributed by atoms with E-state index < -0.39 is 5.82 Å². The minimum atomic E-state index is -0.396. The van der Waals surface area contributed by atoms with Gasteiger partial charge in [-0.15, -0.1) is 0 Å². The van der Waals surface area contributed by atoms with Gasteiger partial charge in [0.05, 0.1) is 5.02 Å². The molecule has 1 aromatic carbocycles. The van der Waals surface area contributed by atoms with Crippen LogP contribution >= 0.6 is 11.6 Å². The second-order valence-electron chi connectivity index (χ2n) is 3.54. The van der Waals surface area contributed by atoms with Crippen molar-refractivity contribution in [3.63, 3.8) is 0 Å². The van der Waals surface area contributed by atoms with Crippen molar-refractivity contribution in [3.05, 3.63) is 29.0 Å². The molecule has 80 valence electrons. The third-order valence-corrected chi connectivity index (χ3v) is 2.62. The normalized spacial score (nSPS) is 16.0. The lowest BCUT2D eigenvalue weighted by Crippen LogP contribution is -2.16. The number of benzene rings is 1. The summed E-state index contributed by atoms with van der Waals surface area (Å²) in [5, 5.41) is 3.28. The maximum atomic E-state index is 12.9. The fourth-order valence-electron chi connectivity index (χ4n) is 1.54. The maximum Gasteiger partial charge on any atom is 0.141 e. The van der Waals surface area contributed by atoms with Crippen molar-refractivity contribution in [2.24, 2.45) is 4.99 Å². The minimum absolute atomic E-state index is 0.136. The fraction of sp³-hybridized carbons (Fsp3) is 0.364. The highest BCUT2D eigenvalue weighted by Gasteiger charge is 2.06. The summed E-state index contributed by atoms with van der Waals surface area (Å²) in [5.41, 5.74) is 0.794. The van der Waals surface area contributed by atoms with Crippen molar-refractivity contribution in [1.29, 1.82) is 0 Å². The smallest absolute Gasteiger partial charge is 0.141 e. The summed E-state index contributed by atoms with van der Waals surface area (Å²) >= 11 is 5.68. The molecule has 1 aliphatic rings. The summed E-state index contributed by atoms with van der Waals surface area (Å²) in [4.78, 5) is 4.35. The first-order valence-electron chi connectivity index (χ1n) is 5.01. The molecule has 1 aliphatic heterocycles. The van der Waals surface area contributed by atoms with Gasteiger partial charge in [-0.3, -0.25) is 4.99 Å². The molecule has 1 heterocycles. The van der Waals surface area contributed by atoms with E-state index in [1.165, 1.54) is 6.07 Å². The topological polar surface area (TPSA) is 24.4 Å². The van der Waals surface area contributed by atoms with E-state index in [-0.39, 0.29) is 5.02 Å². The average Bonchev–Trinajstić information content (AvgIpc) is 2.25. The van der Waals surface area contributed by atoms with Crippen molar-refractivity contribution in [1.82, 2.24) is 0 Å². The first kappa shape index (κ1) is 10.4. The van der Waals surface area contributed by atoms with Crippen LogP contribution in [0.5, 0.6) is 0 Å². The number of hydrogen-bond acceptors (Lipinski definition) is 2. The molecule has 15 heavy (non-hydrogen) atoms. The minimum Gasteiger partial charge on any atom is -0.344 e. The van der Waals surface area contributed by atoms with Gasteiger partial charge in [0.25, 0.3) is 0 Å². The number of halogens is 2. The van der Waals surface area contributed by atoms with Crippen molar-refractivity contribution >= 4 is 23.1 Å². The molecule has 0 aromatic heterocycles. The Labute approximate surface area is 93.2 Å². The van der Waals surface area contributed by atoms with Gasteiger partial charge in [0.2, 0.25) is 0 Å². The molecule has 0 amide bonds. The summed E-state index contributed by atoms with van der Waals surface area (Å²) in [5.74, 6) is 0.566. The zero-order valence-corrected chi connectivity index (χ0v) is 9.02. The molecule has 4 heteroatoms.